The zero-order chi connectivity index (χ0) is 13.4. The summed E-state index contributed by atoms with van der Waals surface area (Å²) in [5.41, 5.74) is 7.12. The molecule has 0 spiro atoms. The zero-order valence-electron chi connectivity index (χ0n) is 9.51. The lowest BCUT2D eigenvalue weighted by Gasteiger charge is -2.04. The van der Waals surface area contributed by atoms with Crippen molar-refractivity contribution in [3.63, 3.8) is 0 Å². The summed E-state index contributed by atoms with van der Waals surface area (Å²) >= 11 is 4.78. The molecule has 0 aliphatic rings. The predicted octanol–water partition coefficient (Wildman–Crippen LogP) is 3.49. The molecule has 0 aliphatic carbocycles. The van der Waals surface area contributed by atoms with E-state index in [9.17, 15) is 4.79 Å². The first-order valence-electron chi connectivity index (χ1n) is 5.34. The van der Waals surface area contributed by atoms with Crippen LogP contribution in [0.4, 0.5) is 10.8 Å². The van der Waals surface area contributed by atoms with Crippen LogP contribution in [0.25, 0.3) is 10.2 Å². The van der Waals surface area contributed by atoms with E-state index in [1.54, 1.807) is 18.2 Å². The largest absolute Gasteiger partial charge is 0.459 e. The second-order valence-electron chi connectivity index (χ2n) is 3.79. The minimum atomic E-state index is -0.297. The van der Waals surface area contributed by atoms with Gasteiger partial charge in [0.05, 0.1) is 16.5 Å². The number of nitrogens with one attached hydrogen (secondary N) is 1. The smallest absolute Gasteiger partial charge is 0.291 e. The Hall–Kier alpha value is -1.86. The van der Waals surface area contributed by atoms with E-state index < -0.39 is 0 Å². The van der Waals surface area contributed by atoms with E-state index in [-0.39, 0.29) is 11.7 Å². The quantitative estimate of drug-likeness (QED) is 0.749. The van der Waals surface area contributed by atoms with Crippen LogP contribution in [0.15, 0.2) is 39.4 Å². The Morgan fingerprint density at radius 1 is 1.47 bits per heavy atom. The van der Waals surface area contributed by atoms with Gasteiger partial charge in [0.15, 0.2) is 10.9 Å². The average Bonchev–Trinajstić information content (AvgIpc) is 2.97. The predicted molar refractivity (Wildman–Crippen MR) is 78.4 cm³/mol. The number of nitrogens with zero attached hydrogens (tertiary/aromatic N) is 1. The highest BCUT2D eigenvalue weighted by atomic mass is 79.9. The fraction of sp³-hybridized carbons (Fsp3) is 0. The van der Waals surface area contributed by atoms with Gasteiger partial charge in [0, 0.05) is 10.2 Å². The van der Waals surface area contributed by atoms with Crippen LogP contribution in [0.3, 0.4) is 0 Å². The Morgan fingerprint density at radius 3 is 3.05 bits per heavy atom. The number of furan rings is 1. The van der Waals surface area contributed by atoms with Crippen LogP contribution in [-0.4, -0.2) is 10.9 Å². The van der Waals surface area contributed by atoms with Gasteiger partial charge in [0.1, 0.15) is 0 Å². The van der Waals surface area contributed by atoms with Gasteiger partial charge in [-0.25, -0.2) is 4.98 Å². The maximum Gasteiger partial charge on any atom is 0.291 e. The van der Waals surface area contributed by atoms with E-state index in [4.69, 9.17) is 10.2 Å². The molecule has 19 heavy (non-hydrogen) atoms. The van der Waals surface area contributed by atoms with E-state index in [2.05, 4.69) is 26.2 Å². The van der Waals surface area contributed by atoms with Gasteiger partial charge in [-0.2, -0.15) is 0 Å². The number of benzene rings is 1. The molecule has 3 aromatic rings. The molecule has 1 aromatic carbocycles. The normalized spacial score (nSPS) is 10.8. The summed E-state index contributed by atoms with van der Waals surface area (Å²) in [5.74, 6) is -0.0335. The Balaban J connectivity index is 1.95. The number of nitrogens with two attached hydrogens (primary N) is 1. The SMILES string of the molecule is Nc1nc2c(Br)cc(NC(=O)c3ccco3)cc2s1. The minimum absolute atomic E-state index is 0.264. The number of rotatable bonds is 2. The summed E-state index contributed by atoms with van der Waals surface area (Å²) in [7, 11) is 0. The lowest BCUT2D eigenvalue weighted by molar-refractivity contribution is 0.0996. The highest BCUT2D eigenvalue weighted by Crippen LogP contribution is 2.33. The molecule has 0 saturated carbocycles. The molecule has 2 heterocycles. The summed E-state index contributed by atoms with van der Waals surface area (Å²) in [6.07, 6.45) is 1.46. The number of hydrogen-bond donors (Lipinski definition) is 2. The third-order valence-corrected chi connectivity index (χ3v) is 3.90. The highest BCUT2D eigenvalue weighted by Gasteiger charge is 2.12. The summed E-state index contributed by atoms with van der Waals surface area (Å²) in [4.78, 5) is 16.1. The van der Waals surface area contributed by atoms with E-state index in [0.717, 1.165) is 14.7 Å². The zero-order valence-corrected chi connectivity index (χ0v) is 11.9. The molecule has 7 heteroatoms. The first-order valence-corrected chi connectivity index (χ1v) is 6.95. The number of halogens is 1. The monoisotopic (exact) mass is 337 g/mol. The van der Waals surface area contributed by atoms with Crippen molar-refractivity contribution in [3.8, 4) is 0 Å². The molecule has 0 atom stereocenters. The standard InChI is InChI=1S/C12H8BrN3O2S/c13-7-4-6(5-9-10(7)16-12(14)19-9)15-11(17)8-2-1-3-18-8/h1-5H,(H2,14,16)(H,15,17). The fourth-order valence-electron chi connectivity index (χ4n) is 1.68. The van der Waals surface area contributed by atoms with Gasteiger partial charge in [0.2, 0.25) is 0 Å². The van der Waals surface area contributed by atoms with Crippen LogP contribution in [0.5, 0.6) is 0 Å². The van der Waals surface area contributed by atoms with Gasteiger partial charge in [-0.15, -0.1) is 0 Å². The van der Waals surface area contributed by atoms with Crippen molar-refractivity contribution in [2.45, 2.75) is 0 Å². The maximum absolute atomic E-state index is 11.9. The van der Waals surface area contributed by atoms with Crippen molar-refractivity contribution >= 4 is 54.2 Å². The molecule has 3 N–H and O–H groups in total. The van der Waals surface area contributed by atoms with Crippen molar-refractivity contribution in [2.24, 2.45) is 0 Å². The first-order chi connectivity index (χ1) is 9.13. The molecule has 0 radical (unpaired) electrons. The Morgan fingerprint density at radius 2 is 2.32 bits per heavy atom. The minimum Gasteiger partial charge on any atom is -0.459 e. The maximum atomic E-state index is 11.9. The number of aromatic nitrogens is 1. The fourth-order valence-corrected chi connectivity index (χ4v) is 3.16. The molecule has 0 fully saturated rings. The molecule has 0 bridgehead atoms. The van der Waals surface area contributed by atoms with Gasteiger partial charge in [-0.3, -0.25) is 4.79 Å². The molecule has 0 aliphatic heterocycles. The third kappa shape index (κ3) is 2.34. The lowest BCUT2D eigenvalue weighted by atomic mass is 10.3. The van der Waals surface area contributed by atoms with Crippen LogP contribution in [-0.2, 0) is 0 Å². The van der Waals surface area contributed by atoms with E-state index in [0.29, 0.717) is 10.8 Å². The summed E-state index contributed by atoms with van der Waals surface area (Å²) in [5, 5.41) is 3.25. The topological polar surface area (TPSA) is 81.1 Å². The van der Waals surface area contributed by atoms with Gasteiger partial charge in [-0.1, -0.05) is 11.3 Å². The number of carbonyl (C=O) groups excluding carboxylic acids is 1. The number of fused-ring (bicyclic) bond motifs is 1. The van der Waals surface area contributed by atoms with E-state index in [1.807, 2.05) is 6.07 Å². The van der Waals surface area contributed by atoms with Crippen molar-refractivity contribution in [1.29, 1.82) is 0 Å². The number of hydrogen-bond acceptors (Lipinski definition) is 5. The third-order valence-electron chi connectivity index (χ3n) is 2.47. The highest BCUT2D eigenvalue weighted by molar-refractivity contribution is 9.10. The Labute approximate surface area is 120 Å². The van der Waals surface area contributed by atoms with Gasteiger partial charge in [0.25, 0.3) is 5.91 Å². The van der Waals surface area contributed by atoms with E-state index in [1.165, 1.54) is 17.6 Å². The van der Waals surface area contributed by atoms with Gasteiger partial charge in [-0.05, 0) is 40.2 Å². The number of thiazole rings is 1. The first kappa shape index (κ1) is 12.2. The Bertz CT molecular complexity index is 752. The molecule has 0 unspecified atom stereocenters. The second-order valence-corrected chi connectivity index (χ2v) is 5.70. The number of carbonyl (C=O) groups is 1. The number of amides is 1. The van der Waals surface area contributed by atoms with Crippen LogP contribution in [0.2, 0.25) is 0 Å². The summed E-state index contributed by atoms with van der Waals surface area (Å²) in [6.45, 7) is 0. The van der Waals surface area contributed by atoms with Gasteiger partial charge < -0.3 is 15.5 Å². The van der Waals surface area contributed by atoms with Crippen LogP contribution in [0, 0.1) is 0 Å². The number of nitrogen functional groups attached to an aromatic ring is 1. The lowest BCUT2D eigenvalue weighted by Crippen LogP contribution is -2.10. The molecule has 2 aromatic heterocycles. The molecule has 3 rings (SSSR count). The molecule has 96 valence electrons. The number of anilines is 2. The molecular formula is C12H8BrN3O2S. The summed E-state index contributed by atoms with van der Waals surface area (Å²) < 4.78 is 6.73. The van der Waals surface area contributed by atoms with Crippen molar-refractivity contribution in [2.75, 3.05) is 11.1 Å². The van der Waals surface area contributed by atoms with Crippen LogP contribution in [0.1, 0.15) is 10.6 Å². The Kier molecular flexibility index (Phi) is 3.00. The van der Waals surface area contributed by atoms with Crippen LogP contribution >= 0.6 is 27.3 Å². The summed E-state index contributed by atoms with van der Waals surface area (Å²) in [6, 6.07) is 6.88. The molecule has 5 nitrogen and oxygen atoms in total. The second kappa shape index (κ2) is 4.67. The van der Waals surface area contributed by atoms with Gasteiger partial charge >= 0.3 is 0 Å². The van der Waals surface area contributed by atoms with Crippen molar-refractivity contribution < 1.29 is 9.21 Å². The average molecular weight is 338 g/mol. The molecule has 1 amide bonds. The molecule has 0 saturated heterocycles. The molecular weight excluding hydrogens is 330 g/mol. The van der Waals surface area contributed by atoms with E-state index >= 15 is 0 Å². The van der Waals surface area contributed by atoms with Crippen molar-refractivity contribution in [3.05, 3.63) is 40.8 Å². The van der Waals surface area contributed by atoms with Crippen molar-refractivity contribution in [1.82, 2.24) is 4.98 Å². The van der Waals surface area contributed by atoms with Crippen LogP contribution < -0.4 is 11.1 Å².